The second kappa shape index (κ2) is 7.57. The molecule has 25 heavy (non-hydrogen) atoms. The van der Waals surface area contributed by atoms with Crippen LogP contribution in [0.2, 0.25) is 0 Å². The molecule has 1 aromatic carbocycles. The molecule has 1 aromatic heterocycles. The highest BCUT2D eigenvalue weighted by Crippen LogP contribution is 2.22. The third kappa shape index (κ3) is 3.76. The average molecular weight is 344 g/mol. The Labute approximate surface area is 146 Å². The number of imidazole rings is 1. The number of nitrogens with zero attached hydrogens (tertiary/aromatic N) is 2. The number of rotatable bonds is 4. The van der Waals surface area contributed by atoms with Crippen LogP contribution in [-0.4, -0.2) is 47.3 Å². The number of H-pyrrole nitrogens is 1. The Morgan fingerprint density at radius 1 is 1.40 bits per heavy atom. The standard InChI is InChI=1S/C18H24N4O3/c1-13-10-19-17(23)22(13)16-8-4-3-7-15(16)20-18(24)21-9-5-6-14(11-21)12-25-2/h3-4,7-8,10,14H,5-6,9,11-12H2,1-2H3,(H,19,23)(H,20,24). The van der Waals surface area contributed by atoms with Crippen molar-refractivity contribution in [1.29, 1.82) is 0 Å². The second-order valence-corrected chi connectivity index (χ2v) is 6.43. The fraction of sp³-hybridized carbons (Fsp3) is 0.444. The van der Waals surface area contributed by atoms with Gasteiger partial charge in [0.2, 0.25) is 0 Å². The van der Waals surface area contributed by atoms with Gasteiger partial charge in [0.1, 0.15) is 0 Å². The van der Waals surface area contributed by atoms with E-state index in [4.69, 9.17) is 4.74 Å². The predicted molar refractivity (Wildman–Crippen MR) is 96.3 cm³/mol. The third-order valence-corrected chi connectivity index (χ3v) is 4.56. The first kappa shape index (κ1) is 17.3. The summed E-state index contributed by atoms with van der Waals surface area (Å²) in [5, 5.41) is 2.96. The number of hydrogen-bond donors (Lipinski definition) is 2. The van der Waals surface area contributed by atoms with Crippen molar-refractivity contribution in [2.45, 2.75) is 19.8 Å². The first-order valence-corrected chi connectivity index (χ1v) is 8.51. The van der Waals surface area contributed by atoms with E-state index in [9.17, 15) is 9.59 Å². The Hall–Kier alpha value is -2.54. The molecule has 0 spiro atoms. The molecule has 2 N–H and O–H groups in total. The molecule has 7 heteroatoms. The molecule has 1 atom stereocenters. The van der Waals surface area contributed by atoms with Crippen LogP contribution >= 0.6 is 0 Å². The fourth-order valence-corrected chi connectivity index (χ4v) is 3.34. The number of methoxy groups -OCH3 is 1. The highest BCUT2D eigenvalue weighted by molar-refractivity contribution is 5.91. The van der Waals surface area contributed by atoms with Crippen molar-refractivity contribution in [1.82, 2.24) is 14.5 Å². The van der Waals surface area contributed by atoms with E-state index in [0.717, 1.165) is 25.1 Å². The first-order valence-electron chi connectivity index (χ1n) is 8.51. The Morgan fingerprint density at radius 2 is 2.20 bits per heavy atom. The number of aryl methyl sites for hydroxylation is 1. The van der Waals surface area contributed by atoms with Crippen molar-refractivity contribution < 1.29 is 9.53 Å². The van der Waals surface area contributed by atoms with E-state index in [1.54, 1.807) is 17.9 Å². The SMILES string of the molecule is COCC1CCCN(C(=O)Nc2ccccc2-n2c(C)c[nH]c2=O)C1. The number of aromatic amines is 1. The maximum absolute atomic E-state index is 12.7. The van der Waals surface area contributed by atoms with Crippen molar-refractivity contribution in [2.75, 3.05) is 32.1 Å². The topological polar surface area (TPSA) is 79.4 Å². The van der Waals surface area contributed by atoms with Gasteiger partial charge in [0.25, 0.3) is 0 Å². The maximum Gasteiger partial charge on any atom is 0.330 e. The molecule has 2 heterocycles. The summed E-state index contributed by atoms with van der Waals surface area (Å²) >= 11 is 0. The molecule has 2 aromatic rings. The van der Waals surface area contributed by atoms with Crippen LogP contribution in [0.5, 0.6) is 0 Å². The van der Waals surface area contributed by atoms with Gasteiger partial charge in [0.15, 0.2) is 0 Å². The number of amides is 2. The van der Waals surface area contributed by atoms with Crippen LogP contribution in [0.1, 0.15) is 18.5 Å². The van der Waals surface area contributed by atoms with Gasteiger partial charge in [-0.05, 0) is 31.9 Å². The van der Waals surface area contributed by atoms with Crippen LogP contribution in [0.15, 0.2) is 35.3 Å². The van der Waals surface area contributed by atoms with Crippen LogP contribution < -0.4 is 11.0 Å². The molecule has 1 aliphatic rings. The molecule has 7 nitrogen and oxygen atoms in total. The van der Waals surface area contributed by atoms with E-state index < -0.39 is 0 Å². The highest BCUT2D eigenvalue weighted by Gasteiger charge is 2.24. The van der Waals surface area contributed by atoms with Gasteiger partial charge in [0, 0.05) is 38.0 Å². The molecule has 1 fully saturated rings. The zero-order valence-corrected chi connectivity index (χ0v) is 14.6. The van der Waals surface area contributed by atoms with Gasteiger partial charge in [-0.1, -0.05) is 12.1 Å². The third-order valence-electron chi connectivity index (χ3n) is 4.56. The van der Waals surface area contributed by atoms with Crippen LogP contribution in [0, 0.1) is 12.8 Å². The van der Waals surface area contributed by atoms with Gasteiger partial charge < -0.3 is 19.9 Å². The normalized spacial score (nSPS) is 17.5. The minimum Gasteiger partial charge on any atom is -0.384 e. The molecule has 0 radical (unpaired) electrons. The van der Waals surface area contributed by atoms with E-state index in [0.29, 0.717) is 30.4 Å². The maximum atomic E-state index is 12.7. The molecule has 3 rings (SSSR count). The molecule has 0 saturated carbocycles. The van der Waals surface area contributed by atoms with E-state index in [1.807, 2.05) is 36.1 Å². The summed E-state index contributed by atoms with van der Waals surface area (Å²) in [6, 6.07) is 7.18. The van der Waals surface area contributed by atoms with Crippen molar-refractivity contribution in [3.63, 3.8) is 0 Å². The molecule has 1 saturated heterocycles. The van der Waals surface area contributed by atoms with Crippen molar-refractivity contribution in [3.05, 3.63) is 46.6 Å². The van der Waals surface area contributed by atoms with Gasteiger partial charge in [-0.2, -0.15) is 0 Å². The van der Waals surface area contributed by atoms with Crippen molar-refractivity contribution in [3.8, 4) is 5.69 Å². The summed E-state index contributed by atoms with van der Waals surface area (Å²) < 4.78 is 6.78. The number of aromatic nitrogens is 2. The number of hydrogen-bond acceptors (Lipinski definition) is 3. The Kier molecular flexibility index (Phi) is 5.23. The smallest absolute Gasteiger partial charge is 0.330 e. The van der Waals surface area contributed by atoms with Crippen molar-refractivity contribution in [2.24, 2.45) is 5.92 Å². The molecular weight excluding hydrogens is 320 g/mol. The summed E-state index contributed by atoms with van der Waals surface area (Å²) in [6.45, 7) is 3.93. The van der Waals surface area contributed by atoms with Gasteiger partial charge in [-0.3, -0.25) is 4.57 Å². The number of likely N-dealkylation sites (tertiary alicyclic amines) is 1. The van der Waals surface area contributed by atoms with Gasteiger partial charge in [-0.15, -0.1) is 0 Å². The number of ether oxygens (including phenoxy) is 1. The van der Waals surface area contributed by atoms with Crippen LogP contribution in [0.4, 0.5) is 10.5 Å². The molecule has 1 unspecified atom stereocenters. The Bertz CT molecular complexity index is 794. The van der Waals surface area contributed by atoms with Gasteiger partial charge >= 0.3 is 11.7 Å². The van der Waals surface area contributed by atoms with Crippen LogP contribution in [-0.2, 0) is 4.74 Å². The minimum absolute atomic E-state index is 0.144. The summed E-state index contributed by atoms with van der Waals surface area (Å²) in [5.74, 6) is 0.370. The summed E-state index contributed by atoms with van der Waals surface area (Å²) in [4.78, 5) is 29.2. The number of carbonyl (C=O) groups excluding carboxylic acids is 1. The quantitative estimate of drug-likeness (QED) is 0.894. The number of carbonyl (C=O) groups is 1. The van der Waals surface area contributed by atoms with Gasteiger partial charge in [-0.25, -0.2) is 9.59 Å². The molecule has 2 amide bonds. The summed E-state index contributed by atoms with van der Waals surface area (Å²) in [7, 11) is 1.69. The molecule has 1 aliphatic heterocycles. The fourth-order valence-electron chi connectivity index (χ4n) is 3.34. The number of para-hydroxylation sites is 2. The summed E-state index contributed by atoms with van der Waals surface area (Å²) in [5.41, 5.74) is 1.83. The van der Waals surface area contributed by atoms with Crippen LogP contribution in [0.25, 0.3) is 5.69 Å². The Morgan fingerprint density at radius 3 is 2.92 bits per heavy atom. The average Bonchev–Trinajstić information content (AvgIpc) is 2.94. The highest BCUT2D eigenvalue weighted by atomic mass is 16.5. The number of nitrogens with one attached hydrogen (secondary N) is 2. The van der Waals surface area contributed by atoms with E-state index in [-0.39, 0.29) is 11.7 Å². The van der Waals surface area contributed by atoms with E-state index in [2.05, 4.69) is 10.3 Å². The van der Waals surface area contributed by atoms with E-state index >= 15 is 0 Å². The second-order valence-electron chi connectivity index (χ2n) is 6.43. The first-order chi connectivity index (χ1) is 12.1. The molecule has 134 valence electrons. The zero-order chi connectivity index (χ0) is 17.8. The Balaban J connectivity index is 1.80. The van der Waals surface area contributed by atoms with Crippen molar-refractivity contribution >= 4 is 11.7 Å². The molecular formula is C18H24N4O3. The number of urea groups is 1. The number of benzene rings is 1. The lowest BCUT2D eigenvalue weighted by Crippen LogP contribution is -2.43. The largest absolute Gasteiger partial charge is 0.384 e. The van der Waals surface area contributed by atoms with Crippen LogP contribution in [0.3, 0.4) is 0 Å². The molecule has 0 aliphatic carbocycles. The monoisotopic (exact) mass is 344 g/mol. The number of anilines is 1. The number of piperidine rings is 1. The minimum atomic E-state index is -0.225. The lowest BCUT2D eigenvalue weighted by atomic mass is 9.99. The lowest BCUT2D eigenvalue weighted by Gasteiger charge is -2.32. The zero-order valence-electron chi connectivity index (χ0n) is 14.6. The lowest BCUT2D eigenvalue weighted by molar-refractivity contribution is 0.104. The predicted octanol–water partition coefficient (Wildman–Crippen LogP) is 2.36. The summed E-state index contributed by atoms with van der Waals surface area (Å²) in [6.07, 6.45) is 3.70. The van der Waals surface area contributed by atoms with Gasteiger partial charge in [0.05, 0.1) is 18.0 Å². The van der Waals surface area contributed by atoms with E-state index in [1.165, 1.54) is 0 Å². The molecule has 0 bridgehead atoms.